The van der Waals surface area contributed by atoms with Crippen LogP contribution in [0.2, 0.25) is 0 Å². The second kappa shape index (κ2) is 3.88. The fourth-order valence-corrected chi connectivity index (χ4v) is 2.66. The SMILES string of the molecule is C=CC(=O)O[N+]1(C)C(C)(C)CCCC1(C)C. The molecule has 0 atom stereocenters. The monoisotopic (exact) mass is 226 g/mol. The fraction of sp³-hybridized carbons (Fsp3) is 0.769. The maximum atomic E-state index is 11.5. The number of hydroxylamine groups is 3. The Bertz CT molecular complexity index is 289. The first kappa shape index (κ1) is 13.2. The Morgan fingerprint density at radius 3 is 2.06 bits per heavy atom. The summed E-state index contributed by atoms with van der Waals surface area (Å²) in [5.74, 6) is -0.342. The number of hydrogen-bond donors (Lipinski definition) is 0. The van der Waals surface area contributed by atoms with Crippen molar-refractivity contribution < 1.29 is 14.3 Å². The number of carbonyl (C=O) groups is 1. The summed E-state index contributed by atoms with van der Waals surface area (Å²) >= 11 is 0. The van der Waals surface area contributed by atoms with Crippen LogP contribution in [0.3, 0.4) is 0 Å². The van der Waals surface area contributed by atoms with E-state index < -0.39 is 0 Å². The third kappa shape index (κ3) is 1.88. The molecular weight excluding hydrogens is 202 g/mol. The van der Waals surface area contributed by atoms with E-state index in [0.717, 1.165) is 12.8 Å². The maximum Gasteiger partial charge on any atom is 0.389 e. The Kier molecular flexibility index (Phi) is 3.21. The van der Waals surface area contributed by atoms with Gasteiger partial charge >= 0.3 is 5.97 Å². The zero-order valence-electron chi connectivity index (χ0n) is 11.2. The largest absolute Gasteiger partial charge is 0.389 e. The molecule has 0 saturated carbocycles. The van der Waals surface area contributed by atoms with E-state index in [1.54, 1.807) is 0 Å². The average Bonchev–Trinajstić information content (AvgIpc) is 2.14. The van der Waals surface area contributed by atoms with Crippen LogP contribution in [-0.4, -0.2) is 28.7 Å². The predicted molar refractivity (Wildman–Crippen MR) is 64.5 cm³/mol. The number of likely N-dealkylation sites (tertiary alicyclic amines) is 1. The molecule has 0 unspecified atom stereocenters. The number of carbonyl (C=O) groups excluding carboxylic acids is 1. The van der Waals surface area contributed by atoms with Crippen molar-refractivity contribution in [2.24, 2.45) is 0 Å². The first-order valence-electron chi connectivity index (χ1n) is 5.89. The molecule has 0 spiro atoms. The highest BCUT2D eigenvalue weighted by Gasteiger charge is 2.57. The van der Waals surface area contributed by atoms with Crippen LogP contribution < -0.4 is 0 Å². The summed E-state index contributed by atoms with van der Waals surface area (Å²) in [6.45, 7) is 12.1. The van der Waals surface area contributed by atoms with Gasteiger partial charge in [0.15, 0.2) is 0 Å². The van der Waals surface area contributed by atoms with Gasteiger partial charge in [-0.1, -0.05) is 6.58 Å². The molecule has 0 aromatic carbocycles. The van der Waals surface area contributed by atoms with Gasteiger partial charge in [-0.15, -0.1) is 4.65 Å². The molecule has 0 radical (unpaired) electrons. The molecule has 0 N–H and O–H groups in total. The van der Waals surface area contributed by atoms with Gasteiger partial charge in [-0.05, 0) is 34.1 Å². The highest BCUT2D eigenvalue weighted by atomic mass is 16.8. The highest BCUT2D eigenvalue weighted by molar-refractivity contribution is 5.80. The lowest BCUT2D eigenvalue weighted by Crippen LogP contribution is -2.71. The second-order valence-electron chi connectivity index (χ2n) is 6.02. The highest BCUT2D eigenvalue weighted by Crippen LogP contribution is 2.44. The van der Waals surface area contributed by atoms with Crippen molar-refractivity contribution >= 4 is 5.97 Å². The summed E-state index contributed by atoms with van der Waals surface area (Å²) in [5.41, 5.74) is -0.110. The zero-order chi connectivity index (χ0) is 12.6. The van der Waals surface area contributed by atoms with Gasteiger partial charge < -0.3 is 0 Å². The molecule has 0 aromatic heterocycles. The molecule has 92 valence electrons. The molecule has 1 aliphatic heterocycles. The predicted octanol–water partition coefficient (Wildman–Crippen LogP) is 2.82. The van der Waals surface area contributed by atoms with Crippen molar-refractivity contribution in [2.45, 2.75) is 58.0 Å². The summed E-state index contributed by atoms with van der Waals surface area (Å²) in [6.07, 6.45) is 4.55. The molecule has 1 aliphatic rings. The van der Waals surface area contributed by atoms with Gasteiger partial charge in [-0.25, -0.2) is 4.79 Å². The van der Waals surface area contributed by atoms with Crippen molar-refractivity contribution in [1.82, 2.24) is 0 Å². The zero-order valence-corrected chi connectivity index (χ0v) is 11.2. The summed E-state index contributed by atoms with van der Waals surface area (Å²) in [5, 5.41) is 0. The normalized spacial score (nSPS) is 25.8. The summed E-state index contributed by atoms with van der Waals surface area (Å²) in [4.78, 5) is 17.1. The van der Waals surface area contributed by atoms with Gasteiger partial charge in [0.1, 0.15) is 18.1 Å². The smallest absolute Gasteiger partial charge is 0.271 e. The molecule has 0 bridgehead atoms. The summed E-state index contributed by atoms with van der Waals surface area (Å²) in [6, 6.07) is 0. The van der Waals surface area contributed by atoms with Gasteiger partial charge in [0.05, 0.1) is 0 Å². The second-order valence-corrected chi connectivity index (χ2v) is 6.02. The van der Waals surface area contributed by atoms with Crippen molar-refractivity contribution in [3.63, 3.8) is 0 Å². The minimum absolute atomic E-state index is 0.0551. The Morgan fingerprint density at radius 2 is 1.69 bits per heavy atom. The maximum absolute atomic E-state index is 11.5. The van der Waals surface area contributed by atoms with E-state index in [1.165, 1.54) is 12.5 Å². The van der Waals surface area contributed by atoms with Crippen LogP contribution in [-0.2, 0) is 9.63 Å². The molecule has 1 saturated heterocycles. The van der Waals surface area contributed by atoms with Crippen LogP contribution >= 0.6 is 0 Å². The van der Waals surface area contributed by atoms with Gasteiger partial charge in [0.2, 0.25) is 0 Å². The van der Waals surface area contributed by atoms with Gasteiger partial charge in [-0.3, -0.25) is 4.84 Å². The Labute approximate surface area is 98.6 Å². The van der Waals surface area contributed by atoms with Crippen molar-refractivity contribution in [2.75, 3.05) is 7.05 Å². The lowest BCUT2D eigenvalue weighted by atomic mass is 9.79. The molecule has 3 heteroatoms. The molecule has 1 heterocycles. The van der Waals surface area contributed by atoms with Crippen molar-refractivity contribution in [1.29, 1.82) is 0 Å². The van der Waals surface area contributed by atoms with Crippen LogP contribution in [0, 0.1) is 0 Å². The summed E-state index contributed by atoms with van der Waals surface area (Å²) in [7, 11) is 2.00. The minimum Gasteiger partial charge on any atom is -0.271 e. The van der Waals surface area contributed by atoms with Gasteiger partial charge in [0, 0.05) is 18.9 Å². The van der Waals surface area contributed by atoms with Crippen LogP contribution in [0.4, 0.5) is 0 Å². The van der Waals surface area contributed by atoms with Crippen molar-refractivity contribution in [3.05, 3.63) is 12.7 Å². The number of quaternary nitrogens is 1. The van der Waals surface area contributed by atoms with Crippen molar-refractivity contribution in [3.8, 4) is 0 Å². The first-order valence-corrected chi connectivity index (χ1v) is 5.89. The number of nitrogens with zero attached hydrogens (tertiary/aromatic N) is 1. The lowest BCUT2D eigenvalue weighted by molar-refractivity contribution is -1.15. The first-order chi connectivity index (χ1) is 7.16. The molecule has 0 aromatic rings. The average molecular weight is 226 g/mol. The van der Waals surface area contributed by atoms with E-state index in [-0.39, 0.29) is 17.0 Å². The molecule has 1 rings (SSSR count). The topological polar surface area (TPSA) is 26.3 Å². The molecule has 16 heavy (non-hydrogen) atoms. The third-order valence-corrected chi connectivity index (χ3v) is 4.33. The lowest BCUT2D eigenvalue weighted by Gasteiger charge is -2.55. The molecule has 0 amide bonds. The number of piperidine rings is 1. The standard InChI is InChI=1S/C13H24NO2/c1-7-11(15)16-14(6)12(2,3)9-8-10-13(14,4)5/h7H,1,8-10H2,2-6H3/q+1. The number of rotatable bonds is 2. The molecular formula is C13H24NO2+. The molecule has 3 nitrogen and oxygen atoms in total. The van der Waals surface area contributed by atoms with Gasteiger partial charge in [0.25, 0.3) is 0 Å². The quantitative estimate of drug-likeness (QED) is 0.534. The number of hydrogen-bond acceptors (Lipinski definition) is 2. The van der Waals surface area contributed by atoms with E-state index in [9.17, 15) is 4.79 Å². The minimum atomic E-state index is -0.342. The van der Waals surface area contributed by atoms with Crippen LogP contribution in [0.25, 0.3) is 0 Å². The van der Waals surface area contributed by atoms with E-state index in [2.05, 4.69) is 34.3 Å². The van der Waals surface area contributed by atoms with E-state index >= 15 is 0 Å². The Morgan fingerprint density at radius 1 is 1.25 bits per heavy atom. The van der Waals surface area contributed by atoms with Crippen LogP contribution in [0.1, 0.15) is 47.0 Å². The van der Waals surface area contributed by atoms with Crippen LogP contribution in [0.5, 0.6) is 0 Å². The Hall–Kier alpha value is -0.830. The third-order valence-electron chi connectivity index (χ3n) is 4.33. The van der Waals surface area contributed by atoms with E-state index in [0.29, 0.717) is 4.65 Å². The molecule has 1 fully saturated rings. The fourth-order valence-electron chi connectivity index (χ4n) is 2.66. The molecule has 0 aliphatic carbocycles. The Balaban J connectivity index is 3.09. The van der Waals surface area contributed by atoms with E-state index in [1.807, 2.05) is 7.05 Å². The van der Waals surface area contributed by atoms with Crippen LogP contribution in [0.15, 0.2) is 12.7 Å². The summed E-state index contributed by atoms with van der Waals surface area (Å²) < 4.78 is 0.324. The van der Waals surface area contributed by atoms with Gasteiger partial charge in [-0.2, -0.15) is 0 Å². The van der Waals surface area contributed by atoms with E-state index in [4.69, 9.17) is 4.84 Å².